The second-order valence-corrected chi connectivity index (χ2v) is 10.2. The van der Waals surface area contributed by atoms with E-state index in [0.29, 0.717) is 42.3 Å². The average Bonchev–Trinajstić information content (AvgIpc) is 3.23. The van der Waals surface area contributed by atoms with E-state index in [1.165, 1.54) is 12.1 Å². The molecule has 1 atom stereocenters. The molecule has 0 saturated carbocycles. The molecule has 1 unspecified atom stereocenters. The summed E-state index contributed by atoms with van der Waals surface area (Å²) in [6, 6.07) is 7.52. The standard InChI is InChI=1S/C22H20FNO5S/c1-13-21-15(10-24(12-28-21)17-6-7-30(26,27)11-17)9-18-20(25)19(29-22(13)18)8-14-2-4-16(23)5-3-14/h2-5,8-9,17H,6-7,10-12H2,1H3/b19-8-. The van der Waals surface area contributed by atoms with Gasteiger partial charge in [0.05, 0.1) is 17.1 Å². The molecule has 0 N–H and O–H groups in total. The molecule has 0 spiro atoms. The summed E-state index contributed by atoms with van der Waals surface area (Å²) in [4.78, 5) is 14.9. The zero-order valence-electron chi connectivity index (χ0n) is 16.4. The molecular weight excluding hydrogens is 409 g/mol. The number of allylic oxidation sites excluding steroid dienone is 1. The lowest BCUT2D eigenvalue weighted by Gasteiger charge is -2.33. The Morgan fingerprint density at radius 2 is 1.97 bits per heavy atom. The highest BCUT2D eigenvalue weighted by Gasteiger charge is 2.37. The van der Waals surface area contributed by atoms with Crippen molar-refractivity contribution in [3.8, 4) is 11.5 Å². The van der Waals surface area contributed by atoms with Crippen molar-refractivity contribution in [1.82, 2.24) is 4.90 Å². The Morgan fingerprint density at radius 1 is 1.20 bits per heavy atom. The molecule has 5 rings (SSSR count). The van der Waals surface area contributed by atoms with E-state index in [0.717, 1.165) is 11.1 Å². The van der Waals surface area contributed by atoms with Gasteiger partial charge in [0.25, 0.3) is 0 Å². The van der Waals surface area contributed by atoms with Crippen molar-refractivity contribution in [2.24, 2.45) is 0 Å². The van der Waals surface area contributed by atoms with Crippen LogP contribution >= 0.6 is 0 Å². The number of ketones is 1. The van der Waals surface area contributed by atoms with Gasteiger partial charge in [0.1, 0.15) is 24.0 Å². The summed E-state index contributed by atoms with van der Waals surface area (Å²) in [5.74, 6) is 1.10. The number of Topliss-reactive ketones (excluding diaryl/α,β-unsaturated/α-hetero) is 1. The number of fused-ring (bicyclic) bond motifs is 2. The Morgan fingerprint density at radius 3 is 2.67 bits per heavy atom. The van der Waals surface area contributed by atoms with Crippen molar-refractivity contribution < 1.29 is 27.1 Å². The fourth-order valence-corrected chi connectivity index (χ4v) is 6.04. The zero-order chi connectivity index (χ0) is 21.0. The Hall–Kier alpha value is -2.71. The molecule has 3 heterocycles. The Bertz CT molecular complexity index is 1190. The Kier molecular flexibility index (Phi) is 4.44. The number of sulfone groups is 1. The second kappa shape index (κ2) is 6.92. The first kappa shape index (κ1) is 19.3. The third-order valence-corrected chi connectivity index (χ3v) is 7.61. The van der Waals surface area contributed by atoms with E-state index < -0.39 is 9.84 Å². The normalized spacial score (nSPS) is 23.7. The molecule has 30 heavy (non-hydrogen) atoms. The van der Waals surface area contributed by atoms with Gasteiger partial charge in [-0.1, -0.05) is 12.1 Å². The third-order valence-electron chi connectivity index (χ3n) is 5.86. The largest absolute Gasteiger partial charge is 0.477 e. The molecule has 0 aromatic heterocycles. The first-order chi connectivity index (χ1) is 14.3. The van der Waals surface area contributed by atoms with Crippen LogP contribution in [0.2, 0.25) is 0 Å². The van der Waals surface area contributed by atoms with Crippen molar-refractivity contribution >= 4 is 21.7 Å². The highest BCUT2D eigenvalue weighted by molar-refractivity contribution is 7.91. The minimum absolute atomic E-state index is 0.0717. The van der Waals surface area contributed by atoms with E-state index >= 15 is 0 Å². The monoisotopic (exact) mass is 429 g/mol. The molecule has 6 nitrogen and oxygen atoms in total. The zero-order valence-corrected chi connectivity index (χ0v) is 17.2. The summed E-state index contributed by atoms with van der Waals surface area (Å²) in [6.07, 6.45) is 2.19. The van der Waals surface area contributed by atoms with Gasteiger partial charge in [-0.2, -0.15) is 0 Å². The number of hydrogen-bond acceptors (Lipinski definition) is 6. The number of hydrogen-bond donors (Lipinski definition) is 0. The van der Waals surface area contributed by atoms with E-state index in [1.54, 1.807) is 24.3 Å². The highest BCUT2D eigenvalue weighted by Crippen LogP contribution is 2.43. The lowest BCUT2D eigenvalue weighted by molar-refractivity contribution is 0.0637. The van der Waals surface area contributed by atoms with Crippen LogP contribution in [0.25, 0.3) is 6.08 Å². The fraction of sp³-hybridized carbons (Fsp3) is 0.318. The van der Waals surface area contributed by atoms with Gasteiger partial charge in [0.15, 0.2) is 15.6 Å². The third kappa shape index (κ3) is 3.30. The van der Waals surface area contributed by atoms with Gasteiger partial charge >= 0.3 is 0 Å². The molecule has 0 radical (unpaired) electrons. The quantitative estimate of drug-likeness (QED) is 0.684. The number of rotatable bonds is 2. The lowest BCUT2D eigenvalue weighted by atomic mass is 9.99. The molecule has 0 amide bonds. The van der Waals surface area contributed by atoms with Crippen LogP contribution < -0.4 is 9.47 Å². The summed E-state index contributed by atoms with van der Waals surface area (Å²) >= 11 is 0. The highest BCUT2D eigenvalue weighted by atomic mass is 32.2. The van der Waals surface area contributed by atoms with E-state index in [9.17, 15) is 17.6 Å². The van der Waals surface area contributed by atoms with Crippen LogP contribution in [0.1, 0.15) is 33.5 Å². The van der Waals surface area contributed by atoms with Crippen LogP contribution in [0.5, 0.6) is 11.5 Å². The SMILES string of the molecule is Cc1c2c(cc3c1O/C(=C\c1ccc(F)cc1)C3=O)CN(C1CCS(=O)(=O)C1)CO2. The first-order valence-corrected chi connectivity index (χ1v) is 11.6. The summed E-state index contributed by atoms with van der Waals surface area (Å²) in [5, 5.41) is 0. The summed E-state index contributed by atoms with van der Waals surface area (Å²) in [6.45, 7) is 2.68. The molecule has 0 aliphatic carbocycles. The van der Waals surface area contributed by atoms with Crippen LogP contribution in [0.15, 0.2) is 36.1 Å². The molecule has 3 aliphatic heterocycles. The molecule has 0 bridgehead atoms. The van der Waals surface area contributed by atoms with Crippen molar-refractivity contribution in [2.45, 2.75) is 25.9 Å². The molecule has 8 heteroatoms. The maximum absolute atomic E-state index is 13.1. The molecule has 1 fully saturated rings. The molecule has 156 valence electrons. The maximum atomic E-state index is 13.1. The lowest BCUT2D eigenvalue weighted by Crippen LogP contribution is -2.41. The van der Waals surface area contributed by atoms with Gasteiger partial charge in [-0.25, -0.2) is 12.8 Å². The number of halogens is 1. The minimum Gasteiger partial charge on any atom is -0.477 e. The second-order valence-electron chi connectivity index (χ2n) is 7.93. The topological polar surface area (TPSA) is 72.9 Å². The fourth-order valence-electron chi connectivity index (χ4n) is 4.27. The number of carbonyl (C=O) groups is 1. The minimum atomic E-state index is -2.99. The van der Waals surface area contributed by atoms with E-state index in [4.69, 9.17) is 9.47 Å². The van der Waals surface area contributed by atoms with Crippen LogP contribution in [0.3, 0.4) is 0 Å². The Balaban J connectivity index is 1.44. The van der Waals surface area contributed by atoms with Crippen molar-refractivity contribution in [3.05, 3.63) is 64.2 Å². The van der Waals surface area contributed by atoms with Crippen molar-refractivity contribution in [1.29, 1.82) is 0 Å². The summed E-state index contributed by atoms with van der Waals surface area (Å²) in [7, 11) is -2.99. The maximum Gasteiger partial charge on any atom is 0.231 e. The number of carbonyl (C=O) groups excluding carboxylic acids is 1. The predicted molar refractivity (Wildman–Crippen MR) is 109 cm³/mol. The van der Waals surface area contributed by atoms with E-state index in [2.05, 4.69) is 0 Å². The first-order valence-electron chi connectivity index (χ1n) is 9.74. The van der Waals surface area contributed by atoms with Gasteiger partial charge in [0.2, 0.25) is 5.78 Å². The molecule has 1 saturated heterocycles. The van der Waals surface area contributed by atoms with Crippen molar-refractivity contribution in [3.63, 3.8) is 0 Å². The molecule has 2 aromatic rings. The smallest absolute Gasteiger partial charge is 0.231 e. The summed E-state index contributed by atoms with van der Waals surface area (Å²) in [5.41, 5.74) is 2.72. The van der Waals surface area contributed by atoms with Crippen LogP contribution in [0, 0.1) is 12.7 Å². The Labute approximate surface area is 173 Å². The van der Waals surface area contributed by atoms with Crippen LogP contribution in [-0.4, -0.2) is 43.4 Å². The summed E-state index contributed by atoms with van der Waals surface area (Å²) < 4.78 is 48.6. The number of ether oxygens (including phenoxy) is 2. The molecular formula is C22H20FNO5S. The van der Waals surface area contributed by atoms with Crippen LogP contribution in [-0.2, 0) is 16.4 Å². The van der Waals surface area contributed by atoms with Gasteiger partial charge in [-0.3, -0.25) is 9.69 Å². The van der Waals surface area contributed by atoms with E-state index in [1.807, 2.05) is 11.8 Å². The molecule has 2 aromatic carbocycles. The van der Waals surface area contributed by atoms with Gasteiger partial charge in [-0.05, 0) is 43.2 Å². The van der Waals surface area contributed by atoms with Crippen LogP contribution in [0.4, 0.5) is 4.39 Å². The van der Waals surface area contributed by atoms with Gasteiger partial charge < -0.3 is 9.47 Å². The van der Waals surface area contributed by atoms with Gasteiger partial charge in [-0.15, -0.1) is 0 Å². The van der Waals surface area contributed by atoms with Crippen molar-refractivity contribution in [2.75, 3.05) is 18.2 Å². The number of benzene rings is 2. The number of nitrogens with zero attached hydrogens (tertiary/aromatic N) is 1. The van der Waals surface area contributed by atoms with Gasteiger partial charge in [0, 0.05) is 23.7 Å². The molecule has 3 aliphatic rings. The average molecular weight is 429 g/mol. The van der Waals surface area contributed by atoms with E-state index in [-0.39, 0.29) is 34.9 Å². The predicted octanol–water partition coefficient (Wildman–Crippen LogP) is 3.09.